The highest BCUT2D eigenvalue weighted by atomic mass is 32.1. The number of carboxylic acid groups (broad SMARTS) is 1. The summed E-state index contributed by atoms with van der Waals surface area (Å²) in [5.41, 5.74) is 1.63. The van der Waals surface area contributed by atoms with Gasteiger partial charge in [0.2, 0.25) is 0 Å². The zero-order chi connectivity index (χ0) is 19.8. The van der Waals surface area contributed by atoms with E-state index in [-0.39, 0.29) is 17.4 Å². The fraction of sp³-hybridized carbons (Fsp3) is 0.143. The smallest absolute Gasteiger partial charge is 0.340 e. The van der Waals surface area contributed by atoms with E-state index < -0.39 is 11.8 Å². The van der Waals surface area contributed by atoms with Crippen molar-refractivity contribution in [3.8, 4) is 27.6 Å². The predicted octanol–water partition coefficient (Wildman–Crippen LogP) is 5.85. The van der Waals surface area contributed by atoms with Crippen molar-refractivity contribution in [2.75, 3.05) is 0 Å². The van der Waals surface area contributed by atoms with Crippen LogP contribution >= 0.6 is 11.3 Å². The molecule has 0 radical (unpaired) electrons. The fourth-order valence-corrected chi connectivity index (χ4v) is 3.67. The molecule has 0 bridgehead atoms. The van der Waals surface area contributed by atoms with E-state index in [1.807, 2.05) is 19.2 Å². The van der Waals surface area contributed by atoms with Crippen LogP contribution in [0.5, 0.6) is 5.75 Å². The predicted molar refractivity (Wildman–Crippen MR) is 105 cm³/mol. The van der Waals surface area contributed by atoms with Gasteiger partial charge in [-0.15, -0.1) is 11.3 Å². The number of furan rings is 1. The maximum absolute atomic E-state index is 13.3. The Morgan fingerprint density at radius 3 is 2.61 bits per heavy atom. The van der Waals surface area contributed by atoms with Gasteiger partial charge in [0.1, 0.15) is 33.5 Å². The van der Waals surface area contributed by atoms with Crippen LogP contribution in [0.4, 0.5) is 4.39 Å². The number of ether oxygens (including phenoxy) is 1. The molecule has 0 spiro atoms. The summed E-state index contributed by atoms with van der Waals surface area (Å²) in [5, 5.41) is 12.8. The number of carbonyl (C=O) groups is 1. The molecule has 4 aromatic rings. The van der Waals surface area contributed by atoms with Gasteiger partial charge >= 0.3 is 5.97 Å². The lowest BCUT2D eigenvalue weighted by Crippen LogP contribution is -2.06. The number of aromatic carboxylic acids is 1. The van der Waals surface area contributed by atoms with Crippen LogP contribution in [0.3, 0.4) is 0 Å². The highest BCUT2D eigenvalue weighted by molar-refractivity contribution is 7.13. The molecule has 0 aliphatic heterocycles. The topological polar surface area (TPSA) is 72.6 Å². The third-order valence-electron chi connectivity index (χ3n) is 4.14. The van der Waals surface area contributed by atoms with E-state index >= 15 is 0 Å². The summed E-state index contributed by atoms with van der Waals surface area (Å²) >= 11 is 1.45. The van der Waals surface area contributed by atoms with Gasteiger partial charge in [0.05, 0.1) is 11.7 Å². The molecule has 0 amide bonds. The van der Waals surface area contributed by atoms with Gasteiger partial charge in [-0.2, -0.15) is 0 Å². The largest absolute Gasteiger partial charge is 0.490 e. The van der Waals surface area contributed by atoms with E-state index in [4.69, 9.17) is 9.15 Å². The first kappa shape index (κ1) is 18.2. The Bertz CT molecular complexity index is 1150. The molecular weight excluding hydrogens is 381 g/mol. The zero-order valence-electron chi connectivity index (χ0n) is 15.1. The van der Waals surface area contributed by atoms with Gasteiger partial charge < -0.3 is 14.3 Å². The second kappa shape index (κ2) is 7.09. The summed E-state index contributed by atoms with van der Waals surface area (Å²) in [6.07, 6.45) is 1.59. The Balaban J connectivity index is 1.99. The second-order valence-electron chi connectivity index (χ2n) is 6.47. The SMILES string of the molecule is CC(C)Oc1cc2c(C(=O)O)c(-c3ccc(F)cc3)oc2cc1-c1nccs1. The van der Waals surface area contributed by atoms with Crippen molar-refractivity contribution in [1.29, 1.82) is 0 Å². The summed E-state index contributed by atoms with van der Waals surface area (Å²) in [6.45, 7) is 3.79. The molecule has 28 heavy (non-hydrogen) atoms. The van der Waals surface area contributed by atoms with E-state index in [1.165, 1.54) is 35.6 Å². The molecule has 5 nitrogen and oxygen atoms in total. The van der Waals surface area contributed by atoms with Gasteiger partial charge in [-0.05, 0) is 50.2 Å². The van der Waals surface area contributed by atoms with Crippen LogP contribution in [0.15, 0.2) is 52.4 Å². The summed E-state index contributed by atoms with van der Waals surface area (Å²) in [7, 11) is 0. The molecule has 0 aliphatic carbocycles. The van der Waals surface area contributed by atoms with E-state index in [2.05, 4.69) is 4.98 Å². The van der Waals surface area contributed by atoms with Gasteiger partial charge in [0.25, 0.3) is 0 Å². The minimum absolute atomic E-state index is 0.0147. The number of nitrogens with zero attached hydrogens (tertiary/aromatic N) is 1. The molecule has 2 aromatic heterocycles. The quantitative estimate of drug-likeness (QED) is 0.457. The van der Waals surface area contributed by atoms with Crippen LogP contribution in [0.2, 0.25) is 0 Å². The molecule has 0 atom stereocenters. The lowest BCUT2D eigenvalue weighted by Gasteiger charge is -2.13. The van der Waals surface area contributed by atoms with Crippen molar-refractivity contribution in [3.63, 3.8) is 0 Å². The lowest BCUT2D eigenvalue weighted by molar-refractivity contribution is 0.0699. The number of hydrogen-bond donors (Lipinski definition) is 1. The van der Waals surface area contributed by atoms with Gasteiger partial charge in [-0.3, -0.25) is 0 Å². The number of hydrogen-bond acceptors (Lipinski definition) is 5. The third-order valence-corrected chi connectivity index (χ3v) is 4.94. The Labute approximate surface area is 164 Å². The summed E-state index contributed by atoms with van der Waals surface area (Å²) in [4.78, 5) is 16.3. The number of rotatable bonds is 5. The van der Waals surface area contributed by atoms with Gasteiger partial charge in [-0.1, -0.05) is 0 Å². The fourth-order valence-electron chi connectivity index (χ4n) is 3.01. The van der Waals surface area contributed by atoms with Crippen LogP contribution in [-0.4, -0.2) is 22.2 Å². The highest BCUT2D eigenvalue weighted by Crippen LogP contribution is 2.41. The van der Waals surface area contributed by atoms with Crippen molar-refractivity contribution in [3.05, 3.63) is 59.4 Å². The average Bonchev–Trinajstić information content (AvgIpc) is 3.28. The lowest BCUT2D eigenvalue weighted by atomic mass is 10.0. The molecule has 0 saturated carbocycles. The molecule has 1 N–H and O–H groups in total. The Morgan fingerprint density at radius 1 is 1.25 bits per heavy atom. The Morgan fingerprint density at radius 2 is 2.00 bits per heavy atom. The van der Waals surface area contributed by atoms with Crippen LogP contribution in [0.25, 0.3) is 32.9 Å². The van der Waals surface area contributed by atoms with Crippen molar-refractivity contribution >= 4 is 28.3 Å². The molecule has 7 heteroatoms. The highest BCUT2D eigenvalue weighted by Gasteiger charge is 2.24. The number of thiazole rings is 1. The van der Waals surface area contributed by atoms with Crippen LogP contribution in [0.1, 0.15) is 24.2 Å². The normalized spacial score (nSPS) is 11.3. The number of fused-ring (bicyclic) bond motifs is 1. The standard InChI is InChI=1S/C21H16FNO4S/c1-11(2)26-17-9-14-16(10-15(17)20-23-7-8-28-20)27-19(18(14)21(24)25)12-3-5-13(22)6-4-12/h3-11H,1-2H3,(H,24,25). The molecule has 2 heterocycles. The monoisotopic (exact) mass is 397 g/mol. The third kappa shape index (κ3) is 3.25. The Hall–Kier alpha value is -3.19. The molecular formula is C21H16FNO4S. The molecule has 142 valence electrons. The minimum Gasteiger partial charge on any atom is -0.490 e. The van der Waals surface area contributed by atoms with Crippen molar-refractivity contribution in [1.82, 2.24) is 4.98 Å². The average molecular weight is 397 g/mol. The van der Waals surface area contributed by atoms with Gasteiger partial charge in [-0.25, -0.2) is 14.2 Å². The summed E-state index contributed by atoms with van der Waals surface area (Å²) in [6, 6.07) is 8.93. The van der Waals surface area contributed by atoms with Gasteiger partial charge in [0.15, 0.2) is 0 Å². The first-order valence-corrected chi connectivity index (χ1v) is 9.48. The zero-order valence-corrected chi connectivity index (χ0v) is 15.9. The number of aromatic nitrogens is 1. The van der Waals surface area contributed by atoms with E-state index in [0.29, 0.717) is 22.3 Å². The van der Waals surface area contributed by atoms with Crippen molar-refractivity contribution in [2.24, 2.45) is 0 Å². The first-order chi connectivity index (χ1) is 13.4. The first-order valence-electron chi connectivity index (χ1n) is 8.60. The minimum atomic E-state index is -1.13. The van der Waals surface area contributed by atoms with E-state index in [1.54, 1.807) is 18.3 Å². The summed E-state index contributed by atoms with van der Waals surface area (Å²) in [5.74, 6) is -0.827. The van der Waals surface area contributed by atoms with Crippen molar-refractivity contribution < 1.29 is 23.4 Å². The molecule has 0 fully saturated rings. The second-order valence-corrected chi connectivity index (χ2v) is 7.36. The number of benzene rings is 2. The molecule has 4 rings (SSSR count). The summed E-state index contributed by atoms with van der Waals surface area (Å²) < 4.78 is 25.1. The molecule has 0 saturated heterocycles. The maximum Gasteiger partial charge on any atom is 0.340 e. The van der Waals surface area contributed by atoms with Crippen LogP contribution in [0, 0.1) is 5.82 Å². The maximum atomic E-state index is 13.3. The van der Waals surface area contributed by atoms with Crippen molar-refractivity contribution in [2.45, 2.75) is 20.0 Å². The van der Waals surface area contributed by atoms with E-state index in [0.717, 1.165) is 10.6 Å². The molecule has 0 unspecified atom stereocenters. The van der Waals surface area contributed by atoms with E-state index in [9.17, 15) is 14.3 Å². The van der Waals surface area contributed by atoms with Crippen LogP contribution in [-0.2, 0) is 0 Å². The number of halogens is 1. The van der Waals surface area contributed by atoms with Gasteiger partial charge in [0, 0.05) is 22.5 Å². The molecule has 0 aliphatic rings. The number of carboxylic acids is 1. The molecule has 2 aromatic carbocycles. The Kier molecular flexibility index (Phi) is 4.60. The van der Waals surface area contributed by atoms with Crippen LogP contribution < -0.4 is 4.74 Å².